The van der Waals surface area contributed by atoms with Crippen molar-refractivity contribution in [2.24, 2.45) is 0 Å². The third kappa shape index (κ3) is 2.96. The average Bonchev–Trinajstić information content (AvgIpc) is 3.06. The summed E-state index contributed by atoms with van der Waals surface area (Å²) in [5, 5.41) is 3.67. The maximum atomic E-state index is 5.93. The van der Waals surface area contributed by atoms with Crippen molar-refractivity contribution < 1.29 is 0 Å². The Kier molecular flexibility index (Phi) is 3.46. The monoisotopic (exact) mass is 241 g/mol. The highest BCUT2D eigenvalue weighted by Crippen LogP contribution is 2.25. The number of halogens is 1. The smallest absolute Gasteiger partial charge is 0.222 e. The van der Waals surface area contributed by atoms with E-state index in [1.165, 1.54) is 19.0 Å². The van der Waals surface area contributed by atoms with Crippen LogP contribution in [0.4, 0.5) is 11.8 Å². The fraction of sp³-hybridized carbons (Fsp3) is 0.600. The molecular weight excluding hydrogens is 226 g/mol. The topological polar surface area (TPSA) is 67.1 Å². The van der Waals surface area contributed by atoms with Gasteiger partial charge in [-0.2, -0.15) is 4.98 Å². The van der Waals surface area contributed by atoms with E-state index in [1.807, 2.05) is 0 Å². The minimum atomic E-state index is 0.238. The number of hydrogen-bond donors (Lipinski definition) is 2. The number of rotatable bonds is 5. The summed E-state index contributed by atoms with van der Waals surface area (Å²) in [6, 6.07) is 0.771. The zero-order valence-corrected chi connectivity index (χ0v) is 10.0. The van der Waals surface area contributed by atoms with Crippen LogP contribution in [0.1, 0.15) is 12.8 Å². The predicted octanol–water partition coefficient (Wildman–Crippen LogP) is 1.22. The van der Waals surface area contributed by atoms with Crippen molar-refractivity contribution in [3.05, 3.63) is 11.2 Å². The van der Waals surface area contributed by atoms with Gasteiger partial charge in [-0.3, -0.25) is 0 Å². The van der Waals surface area contributed by atoms with E-state index in [0.29, 0.717) is 10.8 Å². The van der Waals surface area contributed by atoms with E-state index in [4.69, 9.17) is 17.3 Å². The van der Waals surface area contributed by atoms with Crippen molar-refractivity contribution >= 4 is 23.4 Å². The first-order valence-corrected chi connectivity index (χ1v) is 5.77. The summed E-state index contributed by atoms with van der Waals surface area (Å²) in [7, 11) is 2.13. The molecule has 0 radical (unpaired) electrons. The van der Waals surface area contributed by atoms with Gasteiger partial charge in [-0.25, -0.2) is 4.98 Å². The first-order chi connectivity index (χ1) is 7.66. The van der Waals surface area contributed by atoms with Crippen molar-refractivity contribution in [3.63, 3.8) is 0 Å². The highest BCUT2D eigenvalue weighted by Gasteiger charge is 2.25. The van der Waals surface area contributed by atoms with E-state index in [0.717, 1.165) is 19.1 Å². The lowest BCUT2D eigenvalue weighted by atomic mass is 10.5. The molecule has 0 saturated heterocycles. The molecule has 1 aromatic heterocycles. The Labute approximate surface area is 100 Å². The van der Waals surface area contributed by atoms with Crippen LogP contribution < -0.4 is 11.1 Å². The first-order valence-electron chi connectivity index (χ1n) is 5.39. The molecule has 5 nitrogen and oxygen atoms in total. The van der Waals surface area contributed by atoms with Gasteiger partial charge in [-0.1, -0.05) is 11.6 Å². The molecule has 1 heterocycles. The summed E-state index contributed by atoms with van der Waals surface area (Å²) in [6.45, 7) is 1.79. The zero-order valence-electron chi connectivity index (χ0n) is 9.28. The molecule has 0 spiro atoms. The predicted molar refractivity (Wildman–Crippen MR) is 65.6 cm³/mol. The van der Waals surface area contributed by atoms with Gasteiger partial charge in [0.15, 0.2) is 5.82 Å². The van der Waals surface area contributed by atoms with Crippen LogP contribution in [0.3, 0.4) is 0 Å². The van der Waals surface area contributed by atoms with Gasteiger partial charge in [0, 0.05) is 19.1 Å². The van der Waals surface area contributed by atoms with Crippen LogP contribution in [0.15, 0.2) is 6.20 Å². The Morgan fingerprint density at radius 3 is 3.06 bits per heavy atom. The van der Waals surface area contributed by atoms with Crippen molar-refractivity contribution in [2.75, 3.05) is 31.2 Å². The van der Waals surface area contributed by atoms with Crippen molar-refractivity contribution in [1.82, 2.24) is 14.9 Å². The summed E-state index contributed by atoms with van der Waals surface area (Å²) in [5.74, 6) is 0.848. The molecule has 1 aliphatic rings. The van der Waals surface area contributed by atoms with Crippen LogP contribution in [0.5, 0.6) is 0 Å². The summed E-state index contributed by atoms with van der Waals surface area (Å²) >= 11 is 5.93. The maximum absolute atomic E-state index is 5.93. The molecule has 2 rings (SSSR count). The molecule has 0 amide bonds. The van der Waals surface area contributed by atoms with E-state index >= 15 is 0 Å². The molecule has 1 saturated carbocycles. The number of aromatic nitrogens is 2. The highest BCUT2D eigenvalue weighted by molar-refractivity contribution is 6.32. The number of anilines is 2. The molecule has 1 aromatic rings. The van der Waals surface area contributed by atoms with Crippen LogP contribution >= 0.6 is 11.6 Å². The lowest BCUT2D eigenvalue weighted by Gasteiger charge is -2.16. The largest absolute Gasteiger partial charge is 0.368 e. The van der Waals surface area contributed by atoms with E-state index in [-0.39, 0.29) is 5.95 Å². The second kappa shape index (κ2) is 4.84. The Bertz CT molecular complexity index is 366. The Morgan fingerprint density at radius 2 is 2.38 bits per heavy atom. The number of likely N-dealkylation sites (N-methyl/N-ethyl adjacent to an activating group) is 1. The van der Waals surface area contributed by atoms with Crippen LogP contribution in [0.25, 0.3) is 0 Å². The summed E-state index contributed by atoms with van der Waals surface area (Å²) in [4.78, 5) is 10.2. The minimum Gasteiger partial charge on any atom is -0.368 e. The second-order valence-electron chi connectivity index (χ2n) is 4.06. The van der Waals surface area contributed by atoms with Gasteiger partial charge in [0.1, 0.15) is 5.02 Å². The molecule has 6 heteroatoms. The van der Waals surface area contributed by atoms with Gasteiger partial charge in [0.2, 0.25) is 5.95 Å². The van der Waals surface area contributed by atoms with Crippen LogP contribution in [0.2, 0.25) is 5.02 Å². The lowest BCUT2D eigenvalue weighted by Crippen LogP contribution is -2.27. The third-order valence-electron chi connectivity index (χ3n) is 2.69. The van der Waals surface area contributed by atoms with E-state index in [9.17, 15) is 0 Å². The number of nitrogens with two attached hydrogens (primary N) is 1. The normalized spacial score (nSPS) is 15.4. The fourth-order valence-corrected chi connectivity index (χ4v) is 1.71. The Hall–Kier alpha value is -1.07. The van der Waals surface area contributed by atoms with E-state index < -0.39 is 0 Å². The van der Waals surface area contributed by atoms with Gasteiger partial charge in [0.25, 0.3) is 0 Å². The first kappa shape index (κ1) is 11.4. The Morgan fingerprint density at radius 1 is 1.62 bits per heavy atom. The minimum absolute atomic E-state index is 0.238. The van der Waals surface area contributed by atoms with Crippen molar-refractivity contribution in [3.8, 4) is 0 Å². The molecule has 0 aliphatic heterocycles. The van der Waals surface area contributed by atoms with Gasteiger partial charge < -0.3 is 16.0 Å². The van der Waals surface area contributed by atoms with E-state index in [1.54, 1.807) is 0 Å². The molecule has 0 atom stereocenters. The second-order valence-corrected chi connectivity index (χ2v) is 4.47. The van der Waals surface area contributed by atoms with Gasteiger partial charge in [-0.15, -0.1) is 0 Å². The average molecular weight is 242 g/mol. The fourth-order valence-electron chi connectivity index (χ4n) is 1.55. The number of hydrogen-bond acceptors (Lipinski definition) is 5. The summed E-state index contributed by atoms with van der Waals surface area (Å²) in [5.41, 5.74) is 5.49. The van der Waals surface area contributed by atoms with Gasteiger partial charge >= 0.3 is 0 Å². The zero-order chi connectivity index (χ0) is 11.5. The molecular formula is C10H16ClN5. The summed E-state index contributed by atoms with van der Waals surface area (Å²) < 4.78 is 0. The number of nitrogen functional groups attached to an aromatic ring is 1. The van der Waals surface area contributed by atoms with Gasteiger partial charge in [-0.05, 0) is 19.9 Å². The van der Waals surface area contributed by atoms with Crippen LogP contribution in [-0.2, 0) is 0 Å². The maximum Gasteiger partial charge on any atom is 0.222 e. The molecule has 88 valence electrons. The quantitative estimate of drug-likeness (QED) is 0.812. The number of nitrogens with one attached hydrogen (secondary N) is 1. The molecule has 1 aliphatic carbocycles. The summed E-state index contributed by atoms with van der Waals surface area (Å²) in [6.07, 6.45) is 4.15. The van der Waals surface area contributed by atoms with E-state index in [2.05, 4.69) is 27.2 Å². The molecule has 0 unspecified atom stereocenters. The van der Waals surface area contributed by atoms with Crippen LogP contribution in [-0.4, -0.2) is 41.0 Å². The molecule has 0 bridgehead atoms. The lowest BCUT2D eigenvalue weighted by molar-refractivity contribution is 0.337. The van der Waals surface area contributed by atoms with Crippen molar-refractivity contribution in [1.29, 1.82) is 0 Å². The third-order valence-corrected chi connectivity index (χ3v) is 2.97. The van der Waals surface area contributed by atoms with Gasteiger partial charge in [0.05, 0.1) is 6.20 Å². The Balaban J connectivity index is 1.81. The standard InChI is InChI=1S/C10H16ClN5/c1-16(7-2-3-7)5-4-13-9-8(11)6-14-10(12)15-9/h6-7H,2-5H2,1H3,(H3,12,13,14,15). The molecule has 1 fully saturated rings. The molecule has 0 aromatic carbocycles. The molecule has 16 heavy (non-hydrogen) atoms. The van der Waals surface area contributed by atoms with Crippen molar-refractivity contribution in [2.45, 2.75) is 18.9 Å². The molecule has 3 N–H and O–H groups in total. The SMILES string of the molecule is CN(CCNc1nc(N)ncc1Cl)C1CC1. The van der Waals surface area contributed by atoms with Crippen LogP contribution in [0, 0.1) is 0 Å². The highest BCUT2D eigenvalue weighted by atomic mass is 35.5. The number of nitrogens with zero attached hydrogens (tertiary/aromatic N) is 3.